The highest BCUT2D eigenvalue weighted by Crippen LogP contribution is 2.13. The van der Waals surface area contributed by atoms with Crippen LogP contribution in [0.3, 0.4) is 0 Å². The van der Waals surface area contributed by atoms with E-state index in [1.807, 2.05) is 39.0 Å². The zero-order chi connectivity index (χ0) is 12.0. The molecule has 1 aromatic rings. The van der Waals surface area contributed by atoms with Gasteiger partial charge in [0.25, 0.3) is 0 Å². The molecule has 16 heavy (non-hydrogen) atoms. The molecule has 0 N–H and O–H groups in total. The lowest BCUT2D eigenvalue weighted by Crippen LogP contribution is -1.78. The Bertz CT molecular complexity index is 425. The second kappa shape index (κ2) is 6.05. The molecule has 1 heterocycles. The van der Waals surface area contributed by atoms with Crippen molar-refractivity contribution in [3.8, 4) is 0 Å². The first-order valence-electron chi connectivity index (χ1n) is 5.48. The van der Waals surface area contributed by atoms with Crippen molar-refractivity contribution >= 4 is 5.57 Å². The number of aryl methyl sites for hydroxylation is 1. The summed E-state index contributed by atoms with van der Waals surface area (Å²) >= 11 is 0. The van der Waals surface area contributed by atoms with Crippen molar-refractivity contribution in [2.75, 3.05) is 0 Å². The van der Waals surface area contributed by atoms with E-state index < -0.39 is 0 Å². The predicted octanol–water partition coefficient (Wildman–Crippen LogP) is 3.56. The van der Waals surface area contributed by atoms with E-state index >= 15 is 0 Å². The van der Waals surface area contributed by atoms with E-state index in [1.54, 1.807) is 0 Å². The Kier molecular flexibility index (Phi) is 4.70. The largest absolute Gasteiger partial charge is 0.421 e. The van der Waals surface area contributed by atoms with Crippen LogP contribution in [0.2, 0.25) is 0 Å². The number of hydrogen-bond donors (Lipinski definition) is 0. The van der Waals surface area contributed by atoms with Crippen LogP contribution in [0.5, 0.6) is 0 Å². The number of aromatic nitrogens is 2. The van der Waals surface area contributed by atoms with Gasteiger partial charge in [-0.05, 0) is 20.8 Å². The molecule has 1 aromatic heterocycles. The van der Waals surface area contributed by atoms with Crippen LogP contribution in [0.25, 0.3) is 5.57 Å². The molecule has 1 rings (SSSR count). The molecule has 0 spiro atoms. The third-order valence-electron chi connectivity index (χ3n) is 2.13. The van der Waals surface area contributed by atoms with E-state index in [2.05, 4.69) is 23.2 Å². The van der Waals surface area contributed by atoms with Crippen LogP contribution in [-0.2, 0) is 6.42 Å². The minimum Gasteiger partial charge on any atom is -0.421 e. The van der Waals surface area contributed by atoms with Crippen LogP contribution in [0.1, 0.15) is 39.5 Å². The maximum Gasteiger partial charge on any atom is 0.243 e. The van der Waals surface area contributed by atoms with Gasteiger partial charge in [-0.3, -0.25) is 0 Å². The highest BCUT2D eigenvalue weighted by molar-refractivity contribution is 5.58. The first kappa shape index (κ1) is 12.4. The van der Waals surface area contributed by atoms with Crippen LogP contribution >= 0.6 is 0 Å². The fraction of sp³-hybridized carbons (Fsp3) is 0.385. The Balaban J connectivity index is 2.81. The summed E-state index contributed by atoms with van der Waals surface area (Å²) in [7, 11) is 0. The van der Waals surface area contributed by atoms with Gasteiger partial charge in [0.15, 0.2) is 0 Å². The first-order chi connectivity index (χ1) is 7.67. The number of allylic oxidation sites excluding steroid dienone is 6. The lowest BCUT2D eigenvalue weighted by molar-refractivity contribution is 0.488. The van der Waals surface area contributed by atoms with Gasteiger partial charge < -0.3 is 4.42 Å². The summed E-state index contributed by atoms with van der Waals surface area (Å²) in [5.41, 5.74) is 2.17. The predicted molar refractivity (Wildman–Crippen MR) is 65.9 cm³/mol. The molecule has 0 aliphatic heterocycles. The van der Waals surface area contributed by atoms with E-state index in [-0.39, 0.29) is 0 Å². The summed E-state index contributed by atoms with van der Waals surface area (Å²) < 4.78 is 5.45. The van der Waals surface area contributed by atoms with Gasteiger partial charge in [0.05, 0.1) is 0 Å². The molecule has 0 atom stereocenters. The molecular formula is C13H18N2O. The molecule has 3 heteroatoms. The molecule has 0 aromatic carbocycles. The van der Waals surface area contributed by atoms with E-state index in [4.69, 9.17) is 4.42 Å². The van der Waals surface area contributed by atoms with Crippen LogP contribution in [-0.4, -0.2) is 10.2 Å². The van der Waals surface area contributed by atoms with Crippen molar-refractivity contribution in [1.82, 2.24) is 10.2 Å². The Morgan fingerprint density at radius 2 is 2.00 bits per heavy atom. The van der Waals surface area contributed by atoms with Crippen molar-refractivity contribution in [2.24, 2.45) is 0 Å². The fourth-order valence-corrected chi connectivity index (χ4v) is 1.20. The Morgan fingerprint density at radius 1 is 1.25 bits per heavy atom. The van der Waals surface area contributed by atoms with Crippen LogP contribution < -0.4 is 0 Å². The van der Waals surface area contributed by atoms with Gasteiger partial charge in [-0.15, -0.1) is 10.2 Å². The number of rotatable bonds is 4. The average molecular weight is 218 g/mol. The van der Waals surface area contributed by atoms with Crippen LogP contribution in [0.4, 0.5) is 0 Å². The number of nitrogens with zero attached hydrogens (tertiary/aromatic N) is 2. The van der Waals surface area contributed by atoms with Crippen molar-refractivity contribution < 1.29 is 4.42 Å². The zero-order valence-corrected chi connectivity index (χ0v) is 10.3. The minimum absolute atomic E-state index is 0.598. The molecular weight excluding hydrogens is 200 g/mol. The summed E-state index contributed by atoms with van der Waals surface area (Å²) in [6.45, 7) is 8.01. The Morgan fingerprint density at radius 3 is 2.56 bits per heavy atom. The van der Waals surface area contributed by atoms with Gasteiger partial charge in [0.1, 0.15) is 0 Å². The molecule has 0 saturated carbocycles. The van der Waals surface area contributed by atoms with Gasteiger partial charge in [-0.1, -0.05) is 36.8 Å². The van der Waals surface area contributed by atoms with E-state index in [9.17, 15) is 0 Å². The molecule has 0 bridgehead atoms. The summed E-state index contributed by atoms with van der Waals surface area (Å²) in [6.07, 6.45) is 8.85. The highest BCUT2D eigenvalue weighted by atomic mass is 16.4. The van der Waals surface area contributed by atoms with Crippen molar-refractivity contribution in [2.45, 2.75) is 34.1 Å². The normalized spacial score (nSPS) is 13.8. The van der Waals surface area contributed by atoms with Gasteiger partial charge in [0.2, 0.25) is 11.8 Å². The monoisotopic (exact) mass is 218 g/mol. The molecule has 0 saturated heterocycles. The van der Waals surface area contributed by atoms with Gasteiger partial charge >= 0.3 is 0 Å². The maximum absolute atomic E-state index is 5.45. The number of hydrogen-bond acceptors (Lipinski definition) is 3. The van der Waals surface area contributed by atoms with Gasteiger partial charge in [-0.2, -0.15) is 0 Å². The van der Waals surface area contributed by atoms with E-state index in [0.717, 1.165) is 12.0 Å². The zero-order valence-electron chi connectivity index (χ0n) is 10.3. The van der Waals surface area contributed by atoms with Crippen molar-refractivity contribution in [3.63, 3.8) is 0 Å². The lowest BCUT2D eigenvalue weighted by Gasteiger charge is -1.92. The summed E-state index contributed by atoms with van der Waals surface area (Å²) in [5, 5.41) is 7.91. The molecule has 3 nitrogen and oxygen atoms in total. The molecule has 0 radical (unpaired) electrons. The first-order valence-corrected chi connectivity index (χ1v) is 5.48. The SMILES string of the molecule is C\C=C/C(C)=C\C=C(/C)c1nnc(CC)o1. The highest BCUT2D eigenvalue weighted by Gasteiger charge is 2.04. The molecule has 0 aliphatic rings. The molecule has 0 fully saturated rings. The van der Waals surface area contributed by atoms with Crippen molar-refractivity contribution in [1.29, 1.82) is 0 Å². The summed E-state index contributed by atoms with van der Waals surface area (Å²) in [4.78, 5) is 0. The van der Waals surface area contributed by atoms with Crippen LogP contribution in [0, 0.1) is 0 Å². The average Bonchev–Trinajstić information content (AvgIpc) is 2.75. The smallest absolute Gasteiger partial charge is 0.243 e. The van der Waals surface area contributed by atoms with E-state index in [1.165, 1.54) is 5.57 Å². The van der Waals surface area contributed by atoms with Crippen molar-refractivity contribution in [3.05, 3.63) is 41.7 Å². The second-order valence-electron chi connectivity index (χ2n) is 3.61. The summed E-state index contributed by atoms with van der Waals surface area (Å²) in [6, 6.07) is 0. The second-order valence-corrected chi connectivity index (χ2v) is 3.61. The Hall–Kier alpha value is -1.64. The topological polar surface area (TPSA) is 38.9 Å². The third-order valence-corrected chi connectivity index (χ3v) is 2.13. The third kappa shape index (κ3) is 3.50. The van der Waals surface area contributed by atoms with E-state index in [0.29, 0.717) is 11.8 Å². The quantitative estimate of drug-likeness (QED) is 0.725. The fourth-order valence-electron chi connectivity index (χ4n) is 1.20. The lowest BCUT2D eigenvalue weighted by atomic mass is 10.2. The van der Waals surface area contributed by atoms with Crippen LogP contribution in [0.15, 0.2) is 34.3 Å². The molecule has 0 aliphatic carbocycles. The standard InChI is InChI=1S/C13H18N2O/c1-5-7-10(3)8-9-11(4)13-15-14-12(6-2)16-13/h5,7-9H,6H2,1-4H3/b7-5-,10-8-,11-9+. The Labute approximate surface area is 96.6 Å². The summed E-state index contributed by atoms with van der Waals surface area (Å²) in [5.74, 6) is 1.28. The maximum atomic E-state index is 5.45. The molecule has 0 amide bonds. The molecule has 0 unspecified atom stereocenters. The minimum atomic E-state index is 0.598. The molecule has 86 valence electrons. The van der Waals surface area contributed by atoms with Gasteiger partial charge in [0, 0.05) is 12.0 Å². The van der Waals surface area contributed by atoms with Gasteiger partial charge in [-0.25, -0.2) is 0 Å².